The molecule has 3 N–H and O–H groups in total. The molecule has 1 unspecified atom stereocenters. The molecule has 3 aromatic carbocycles. The smallest absolute Gasteiger partial charge is 0.248 e. The van der Waals surface area contributed by atoms with Crippen molar-refractivity contribution >= 4 is 45.4 Å². The Labute approximate surface area is 335 Å². The third-order valence-corrected chi connectivity index (χ3v) is 12.1. The number of para-hydroxylation sites is 1. The van der Waals surface area contributed by atoms with Gasteiger partial charge in [0.05, 0.1) is 51.3 Å². The molecule has 0 radical (unpaired) electrons. The molecule has 294 valence electrons. The molecule has 0 aliphatic carbocycles. The van der Waals surface area contributed by atoms with Gasteiger partial charge in [-0.3, -0.25) is 14.3 Å². The van der Waals surface area contributed by atoms with Crippen LogP contribution in [0.3, 0.4) is 0 Å². The summed E-state index contributed by atoms with van der Waals surface area (Å²) in [5, 5.41) is 38.5. The van der Waals surface area contributed by atoms with Crippen LogP contribution in [0, 0.1) is 12.8 Å². The van der Waals surface area contributed by atoms with Crippen LogP contribution in [-0.4, -0.2) is 96.8 Å². The first kappa shape index (κ1) is 38.0. The zero-order valence-electron chi connectivity index (χ0n) is 32.5. The number of nitrogens with one attached hydrogen (secondary N) is 1. The van der Waals surface area contributed by atoms with Crippen LogP contribution >= 0.6 is 11.3 Å². The number of carbonyl (C=O) groups excluding carboxylic acids is 2. The number of nitrogens with zero attached hydrogens (tertiary/aromatic N) is 8. The van der Waals surface area contributed by atoms with Crippen molar-refractivity contribution in [1.82, 2.24) is 35.2 Å². The van der Waals surface area contributed by atoms with E-state index in [-0.39, 0.29) is 42.5 Å². The lowest BCUT2D eigenvalue weighted by Gasteiger charge is -2.36. The molecule has 0 saturated carbocycles. The quantitative estimate of drug-likeness (QED) is 0.151. The summed E-state index contributed by atoms with van der Waals surface area (Å²) in [6.45, 7) is 11.0. The number of hydrogen-bond acceptors (Lipinski definition) is 11. The molecule has 0 bridgehead atoms. The summed E-state index contributed by atoms with van der Waals surface area (Å²) >= 11 is 1.60. The SMILES string of the molecule is Cc1ncsc1-c1ccc([C@@H](C)NC(=O)[C@H]2C[C@H](O)CN2C(=O)C(C(C)C)n2cc(N3CCN(c4ccc5nnc(-c6ccccc6O)cc5c4)CC3)cn2)cc1. The zero-order valence-corrected chi connectivity index (χ0v) is 33.3. The Bertz CT molecular complexity index is 2390. The van der Waals surface area contributed by atoms with Crippen LogP contribution < -0.4 is 15.1 Å². The molecule has 13 nitrogen and oxygen atoms in total. The van der Waals surface area contributed by atoms with Gasteiger partial charge in [0.15, 0.2) is 0 Å². The van der Waals surface area contributed by atoms with E-state index in [4.69, 9.17) is 0 Å². The standard InChI is InChI=1S/C43H47N9O4S/c1-26(2)40(43(56)51-24-34(53)21-38(51)42(55)46-27(3)29-9-11-30(12-10-29)41-28(4)44-25-57-41)52-23-33(22-45-52)50-17-15-49(16-18-50)32-13-14-36-31(19-32)20-37(48-47-36)35-7-5-6-8-39(35)54/h5-14,19-20,22-23,25-27,34,38,40,53-54H,15-18,21,24H2,1-4H3,(H,46,55)/t27-,34+,38-,40?/m1/s1. The Morgan fingerprint density at radius 2 is 1.65 bits per heavy atom. The molecule has 2 aliphatic heterocycles. The maximum Gasteiger partial charge on any atom is 0.248 e. The topological polar surface area (TPSA) is 153 Å². The minimum absolute atomic E-state index is 0.0882. The van der Waals surface area contributed by atoms with E-state index in [1.807, 2.05) is 87.9 Å². The number of thiazole rings is 1. The summed E-state index contributed by atoms with van der Waals surface area (Å²) in [4.78, 5) is 39.7. The maximum atomic E-state index is 14.3. The third-order valence-electron chi connectivity index (χ3n) is 11.2. The van der Waals surface area contributed by atoms with E-state index in [1.165, 1.54) is 4.90 Å². The second-order valence-electron chi connectivity index (χ2n) is 15.3. The number of aliphatic hydroxyl groups excluding tert-OH is 1. The second kappa shape index (κ2) is 15.9. The van der Waals surface area contributed by atoms with Gasteiger partial charge in [0.25, 0.3) is 0 Å². The van der Waals surface area contributed by atoms with Crippen molar-refractivity contribution in [1.29, 1.82) is 0 Å². The summed E-state index contributed by atoms with van der Waals surface area (Å²) in [5.74, 6) is -0.470. The van der Waals surface area contributed by atoms with Crippen LogP contribution in [0.5, 0.6) is 5.75 Å². The second-order valence-corrected chi connectivity index (χ2v) is 16.2. The molecule has 8 rings (SSSR count). The number of aliphatic hydroxyl groups is 1. The molecule has 2 amide bonds. The van der Waals surface area contributed by atoms with Crippen LogP contribution in [0.25, 0.3) is 32.6 Å². The first-order chi connectivity index (χ1) is 27.5. The molecule has 14 heteroatoms. The highest BCUT2D eigenvalue weighted by Gasteiger charge is 2.43. The first-order valence-corrected chi connectivity index (χ1v) is 20.3. The van der Waals surface area contributed by atoms with Gasteiger partial charge in [-0.25, -0.2) is 4.98 Å². The van der Waals surface area contributed by atoms with Gasteiger partial charge in [-0.2, -0.15) is 5.10 Å². The first-order valence-electron chi connectivity index (χ1n) is 19.4. The number of likely N-dealkylation sites (tertiary alicyclic amines) is 1. The van der Waals surface area contributed by atoms with Crippen LogP contribution in [0.15, 0.2) is 90.7 Å². The Kier molecular flexibility index (Phi) is 10.6. The van der Waals surface area contributed by atoms with Crippen LogP contribution in [0.4, 0.5) is 11.4 Å². The number of aromatic hydroxyl groups is 1. The van der Waals surface area contributed by atoms with Crippen molar-refractivity contribution in [2.75, 3.05) is 42.5 Å². The van der Waals surface area contributed by atoms with E-state index in [9.17, 15) is 19.8 Å². The average molecular weight is 786 g/mol. The number of carbonyl (C=O) groups is 2. The van der Waals surface area contributed by atoms with E-state index in [0.717, 1.165) is 70.2 Å². The van der Waals surface area contributed by atoms with E-state index in [0.29, 0.717) is 11.3 Å². The number of amides is 2. The van der Waals surface area contributed by atoms with Gasteiger partial charge in [0.1, 0.15) is 17.8 Å². The molecule has 2 aliphatic rings. The molecule has 2 fully saturated rings. The summed E-state index contributed by atoms with van der Waals surface area (Å²) in [6, 6.07) is 21.6. The lowest BCUT2D eigenvalue weighted by molar-refractivity contribution is -0.142. The average Bonchev–Trinajstić information content (AvgIpc) is 3.98. The summed E-state index contributed by atoms with van der Waals surface area (Å²) in [7, 11) is 0. The summed E-state index contributed by atoms with van der Waals surface area (Å²) in [6.07, 6.45) is 3.11. The summed E-state index contributed by atoms with van der Waals surface area (Å²) < 4.78 is 1.72. The van der Waals surface area contributed by atoms with E-state index >= 15 is 0 Å². The number of piperazine rings is 1. The molecule has 0 spiro atoms. The zero-order chi connectivity index (χ0) is 39.8. The number of benzene rings is 3. The number of anilines is 2. The minimum atomic E-state index is -0.797. The molecule has 57 heavy (non-hydrogen) atoms. The Hall–Kier alpha value is -5.86. The lowest BCUT2D eigenvalue weighted by atomic mass is 10.0. The van der Waals surface area contributed by atoms with Gasteiger partial charge in [0.2, 0.25) is 11.8 Å². The molecule has 6 aromatic rings. The number of β-amino-alcohol motifs (C(OH)–C–C–N with tert-alkyl or cyclic N) is 1. The molecule has 4 atom stereocenters. The number of phenolic OH excluding ortho intramolecular Hbond substituents is 1. The van der Waals surface area contributed by atoms with Crippen molar-refractivity contribution < 1.29 is 19.8 Å². The highest BCUT2D eigenvalue weighted by Crippen LogP contribution is 2.33. The number of aromatic nitrogens is 5. The monoisotopic (exact) mass is 785 g/mol. The minimum Gasteiger partial charge on any atom is -0.507 e. The fraction of sp³-hybridized carbons (Fsp3) is 0.349. The number of fused-ring (bicyclic) bond motifs is 1. The predicted molar refractivity (Wildman–Crippen MR) is 222 cm³/mol. The molecular formula is C43H47N9O4S. The number of rotatable bonds is 10. The van der Waals surface area contributed by atoms with E-state index < -0.39 is 18.2 Å². The van der Waals surface area contributed by atoms with Crippen molar-refractivity contribution in [3.63, 3.8) is 0 Å². The van der Waals surface area contributed by atoms with Gasteiger partial charge in [-0.05, 0) is 67.3 Å². The number of aryl methyl sites for hydroxylation is 1. The van der Waals surface area contributed by atoms with Gasteiger partial charge >= 0.3 is 0 Å². The van der Waals surface area contributed by atoms with Gasteiger partial charge in [-0.15, -0.1) is 21.5 Å². The number of hydrogen-bond donors (Lipinski definition) is 3. The Morgan fingerprint density at radius 1 is 0.912 bits per heavy atom. The van der Waals surface area contributed by atoms with Crippen molar-refractivity contribution in [3.05, 3.63) is 102 Å². The molecule has 3 aromatic heterocycles. The van der Waals surface area contributed by atoms with Crippen LogP contribution in [0.1, 0.15) is 50.5 Å². The van der Waals surface area contributed by atoms with Crippen molar-refractivity contribution in [2.45, 2.75) is 58.3 Å². The highest BCUT2D eigenvalue weighted by molar-refractivity contribution is 7.13. The predicted octanol–water partition coefficient (Wildman–Crippen LogP) is 5.99. The molecular weight excluding hydrogens is 739 g/mol. The number of phenols is 1. The van der Waals surface area contributed by atoms with Crippen LogP contribution in [-0.2, 0) is 9.59 Å². The maximum absolute atomic E-state index is 14.3. The van der Waals surface area contributed by atoms with E-state index in [2.05, 4.69) is 47.5 Å². The van der Waals surface area contributed by atoms with Crippen molar-refractivity contribution in [3.8, 4) is 27.4 Å². The fourth-order valence-electron chi connectivity index (χ4n) is 7.99. The summed E-state index contributed by atoms with van der Waals surface area (Å²) in [5.41, 5.74) is 8.90. The fourth-order valence-corrected chi connectivity index (χ4v) is 8.80. The highest BCUT2D eigenvalue weighted by atomic mass is 32.1. The van der Waals surface area contributed by atoms with Gasteiger partial charge in [0, 0.05) is 62.0 Å². The van der Waals surface area contributed by atoms with Gasteiger partial charge in [-0.1, -0.05) is 50.2 Å². The Morgan fingerprint density at radius 3 is 2.35 bits per heavy atom. The Balaban J connectivity index is 0.914. The normalized spacial score (nSPS) is 18.3. The van der Waals surface area contributed by atoms with Crippen molar-refractivity contribution in [2.24, 2.45) is 5.92 Å². The van der Waals surface area contributed by atoms with Gasteiger partial charge < -0.3 is 30.2 Å². The van der Waals surface area contributed by atoms with Crippen LogP contribution in [0.2, 0.25) is 0 Å². The largest absolute Gasteiger partial charge is 0.507 e. The lowest BCUT2D eigenvalue weighted by Crippen LogP contribution is -2.49. The molecule has 5 heterocycles. The molecule has 2 saturated heterocycles. The third kappa shape index (κ3) is 7.79. The van der Waals surface area contributed by atoms with E-state index in [1.54, 1.807) is 34.3 Å².